The molecule has 1 saturated carbocycles. The first kappa shape index (κ1) is 19.5. The van der Waals surface area contributed by atoms with E-state index in [9.17, 15) is 0 Å². The second-order valence-electron chi connectivity index (χ2n) is 7.32. The lowest BCUT2D eigenvalue weighted by Crippen LogP contribution is -2.43. The lowest BCUT2D eigenvalue weighted by molar-refractivity contribution is -0.0625. The van der Waals surface area contributed by atoms with E-state index >= 15 is 0 Å². The SMILES string of the molecule is CCCOC1(CN=C(NCC)N2CCC(COC)C2)CCCCC1. The fourth-order valence-electron chi connectivity index (χ4n) is 3.90. The van der Waals surface area contributed by atoms with E-state index in [0.717, 1.165) is 64.6 Å². The smallest absolute Gasteiger partial charge is 0.194 e. The number of aliphatic imine (C=N–C) groups is 1. The van der Waals surface area contributed by atoms with Crippen LogP contribution in [0.3, 0.4) is 0 Å². The third kappa shape index (κ3) is 5.62. The number of ether oxygens (including phenoxy) is 2. The van der Waals surface area contributed by atoms with Crippen molar-refractivity contribution in [2.45, 2.75) is 64.4 Å². The molecule has 0 amide bonds. The van der Waals surface area contributed by atoms with Crippen LogP contribution in [0.2, 0.25) is 0 Å². The minimum absolute atomic E-state index is 0.0272. The number of methoxy groups -OCH3 is 1. The summed E-state index contributed by atoms with van der Waals surface area (Å²) >= 11 is 0. The molecule has 1 atom stereocenters. The van der Waals surface area contributed by atoms with Crippen LogP contribution in [0.1, 0.15) is 58.8 Å². The van der Waals surface area contributed by atoms with Gasteiger partial charge in [-0.1, -0.05) is 26.2 Å². The molecular formula is C19H37N3O2. The summed E-state index contributed by atoms with van der Waals surface area (Å²) in [5.74, 6) is 1.68. The number of nitrogens with one attached hydrogen (secondary N) is 1. The summed E-state index contributed by atoms with van der Waals surface area (Å²) in [6.45, 7) is 9.84. The van der Waals surface area contributed by atoms with E-state index in [2.05, 4.69) is 24.1 Å². The Morgan fingerprint density at radius 3 is 2.71 bits per heavy atom. The Balaban J connectivity index is 2.00. The highest BCUT2D eigenvalue weighted by Crippen LogP contribution is 2.32. The second kappa shape index (κ2) is 10.2. The van der Waals surface area contributed by atoms with Crippen LogP contribution in [0, 0.1) is 5.92 Å². The van der Waals surface area contributed by atoms with E-state index in [1.165, 1.54) is 25.7 Å². The van der Waals surface area contributed by atoms with Crippen molar-refractivity contribution in [3.05, 3.63) is 0 Å². The van der Waals surface area contributed by atoms with Gasteiger partial charge >= 0.3 is 0 Å². The third-order valence-corrected chi connectivity index (χ3v) is 5.22. The van der Waals surface area contributed by atoms with Gasteiger partial charge in [0, 0.05) is 39.3 Å². The minimum Gasteiger partial charge on any atom is -0.384 e. The van der Waals surface area contributed by atoms with Gasteiger partial charge in [-0.05, 0) is 32.6 Å². The lowest BCUT2D eigenvalue weighted by Gasteiger charge is -2.36. The number of hydrogen-bond acceptors (Lipinski definition) is 3. The molecule has 0 aromatic rings. The largest absolute Gasteiger partial charge is 0.384 e. The highest BCUT2D eigenvalue weighted by atomic mass is 16.5. The van der Waals surface area contributed by atoms with Crippen molar-refractivity contribution in [2.24, 2.45) is 10.9 Å². The van der Waals surface area contributed by atoms with E-state index < -0.39 is 0 Å². The molecule has 1 aliphatic carbocycles. The van der Waals surface area contributed by atoms with Crippen molar-refractivity contribution < 1.29 is 9.47 Å². The molecule has 140 valence electrons. The molecule has 0 bridgehead atoms. The Bertz CT molecular complexity index is 381. The molecule has 2 rings (SSSR count). The molecule has 24 heavy (non-hydrogen) atoms. The molecule has 1 saturated heterocycles. The lowest BCUT2D eigenvalue weighted by atomic mass is 9.84. The van der Waals surface area contributed by atoms with Crippen LogP contribution in [-0.2, 0) is 9.47 Å². The monoisotopic (exact) mass is 339 g/mol. The average molecular weight is 340 g/mol. The average Bonchev–Trinajstić information content (AvgIpc) is 3.07. The summed E-state index contributed by atoms with van der Waals surface area (Å²) in [5.41, 5.74) is -0.0272. The number of guanidine groups is 1. The fourth-order valence-corrected chi connectivity index (χ4v) is 3.90. The van der Waals surface area contributed by atoms with Gasteiger partial charge in [0.2, 0.25) is 0 Å². The number of rotatable bonds is 8. The van der Waals surface area contributed by atoms with Crippen molar-refractivity contribution in [2.75, 3.05) is 46.5 Å². The van der Waals surface area contributed by atoms with Crippen LogP contribution in [0.4, 0.5) is 0 Å². The van der Waals surface area contributed by atoms with Crippen molar-refractivity contribution in [3.8, 4) is 0 Å². The zero-order valence-electron chi connectivity index (χ0n) is 16.0. The standard InChI is InChI=1S/C19H37N3O2/c1-4-13-24-19(10-7-6-8-11-19)16-21-18(20-5-2)22-12-9-17(14-22)15-23-3/h17H,4-16H2,1-3H3,(H,20,21). The van der Waals surface area contributed by atoms with E-state index in [4.69, 9.17) is 14.5 Å². The third-order valence-electron chi connectivity index (χ3n) is 5.22. The summed E-state index contributed by atoms with van der Waals surface area (Å²) < 4.78 is 11.6. The molecule has 5 heteroatoms. The van der Waals surface area contributed by atoms with E-state index in [1.807, 2.05) is 0 Å². The van der Waals surface area contributed by atoms with Crippen LogP contribution < -0.4 is 5.32 Å². The van der Waals surface area contributed by atoms with Crippen LogP contribution in [0.15, 0.2) is 4.99 Å². The van der Waals surface area contributed by atoms with Crippen LogP contribution in [0.5, 0.6) is 0 Å². The first-order valence-electron chi connectivity index (χ1n) is 9.89. The quantitative estimate of drug-likeness (QED) is 0.545. The first-order valence-corrected chi connectivity index (χ1v) is 9.89. The van der Waals surface area contributed by atoms with Gasteiger partial charge in [0.05, 0.1) is 18.8 Å². The van der Waals surface area contributed by atoms with Crippen LogP contribution in [-0.4, -0.2) is 63.0 Å². The number of likely N-dealkylation sites (tertiary alicyclic amines) is 1. The van der Waals surface area contributed by atoms with E-state index in [0.29, 0.717) is 5.92 Å². The molecule has 1 N–H and O–H groups in total. The molecule has 2 fully saturated rings. The molecule has 1 heterocycles. The molecule has 0 aromatic carbocycles. The van der Waals surface area contributed by atoms with E-state index in [-0.39, 0.29) is 5.60 Å². The Hall–Kier alpha value is -0.810. The highest BCUT2D eigenvalue weighted by molar-refractivity contribution is 5.80. The summed E-state index contributed by atoms with van der Waals surface area (Å²) in [6, 6.07) is 0. The van der Waals surface area contributed by atoms with Gasteiger partial charge in [0.1, 0.15) is 0 Å². The normalized spacial score (nSPS) is 24.4. The van der Waals surface area contributed by atoms with Gasteiger partial charge in [-0.25, -0.2) is 0 Å². The molecule has 0 spiro atoms. The molecule has 1 unspecified atom stereocenters. The van der Waals surface area contributed by atoms with Gasteiger partial charge in [0.15, 0.2) is 5.96 Å². The second-order valence-corrected chi connectivity index (χ2v) is 7.32. The van der Waals surface area contributed by atoms with Gasteiger partial charge < -0.3 is 19.7 Å². The van der Waals surface area contributed by atoms with Gasteiger partial charge in [-0.15, -0.1) is 0 Å². The summed E-state index contributed by atoms with van der Waals surface area (Å²) in [4.78, 5) is 7.40. The molecule has 1 aliphatic heterocycles. The molecular weight excluding hydrogens is 302 g/mol. The van der Waals surface area contributed by atoms with E-state index in [1.54, 1.807) is 7.11 Å². The Labute approximate surface area is 148 Å². The van der Waals surface area contributed by atoms with Crippen molar-refractivity contribution in [3.63, 3.8) is 0 Å². The Morgan fingerprint density at radius 2 is 2.04 bits per heavy atom. The predicted molar refractivity (Wildman–Crippen MR) is 99.6 cm³/mol. The predicted octanol–water partition coefficient (Wildman–Crippen LogP) is 3.05. The first-order chi connectivity index (χ1) is 11.7. The zero-order valence-corrected chi connectivity index (χ0v) is 16.0. The maximum atomic E-state index is 6.30. The summed E-state index contributed by atoms with van der Waals surface area (Å²) in [7, 11) is 1.79. The minimum atomic E-state index is -0.0272. The van der Waals surface area contributed by atoms with Crippen LogP contribution in [0.25, 0.3) is 0 Å². The molecule has 2 aliphatic rings. The molecule has 0 radical (unpaired) electrons. The van der Waals surface area contributed by atoms with Crippen LogP contribution >= 0.6 is 0 Å². The van der Waals surface area contributed by atoms with Crippen molar-refractivity contribution in [1.29, 1.82) is 0 Å². The number of nitrogens with zero attached hydrogens (tertiary/aromatic N) is 2. The van der Waals surface area contributed by atoms with Crippen molar-refractivity contribution in [1.82, 2.24) is 10.2 Å². The zero-order chi connectivity index (χ0) is 17.3. The molecule has 5 nitrogen and oxygen atoms in total. The van der Waals surface area contributed by atoms with Gasteiger partial charge in [-0.2, -0.15) is 0 Å². The summed E-state index contributed by atoms with van der Waals surface area (Å²) in [5, 5.41) is 3.48. The number of hydrogen-bond donors (Lipinski definition) is 1. The van der Waals surface area contributed by atoms with Gasteiger partial charge in [-0.3, -0.25) is 4.99 Å². The Kier molecular flexibility index (Phi) is 8.33. The fraction of sp³-hybridized carbons (Fsp3) is 0.947. The Morgan fingerprint density at radius 1 is 1.25 bits per heavy atom. The van der Waals surface area contributed by atoms with Crippen molar-refractivity contribution >= 4 is 5.96 Å². The maximum absolute atomic E-state index is 6.30. The summed E-state index contributed by atoms with van der Waals surface area (Å²) in [6.07, 6.45) is 8.47. The molecule has 0 aromatic heterocycles. The maximum Gasteiger partial charge on any atom is 0.194 e. The highest BCUT2D eigenvalue weighted by Gasteiger charge is 2.33. The van der Waals surface area contributed by atoms with Gasteiger partial charge in [0.25, 0.3) is 0 Å². The topological polar surface area (TPSA) is 46.1 Å².